The van der Waals surface area contributed by atoms with Gasteiger partial charge in [0.1, 0.15) is 0 Å². The van der Waals surface area contributed by atoms with E-state index in [1.165, 1.54) is 0 Å². The van der Waals surface area contributed by atoms with Crippen LogP contribution >= 0.6 is 11.8 Å². The Balaban J connectivity index is 1.91. The second-order valence-electron chi connectivity index (χ2n) is 2.12. The number of hydrogen-bond acceptors (Lipinski definition) is 2. The van der Waals surface area contributed by atoms with E-state index in [0.29, 0.717) is 11.7 Å². The molecular formula is C5H9F2NS. The van der Waals surface area contributed by atoms with Crippen molar-refractivity contribution in [3.05, 3.63) is 0 Å². The highest BCUT2D eigenvalue weighted by atomic mass is 32.2. The maximum absolute atomic E-state index is 11.5. The summed E-state index contributed by atoms with van der Waals surface area (Å²) in [5, 5.41) is 3.03. The second kappa shape index (κ2) is 3.37. The van der Waals surface area contributed by atoms with Gasteiger partial charge in [0.25, 0.3) is 5.76 Å². The molecule has 0 atom stereocenters. The Morgan fingerprint density at radius 2 is 2.22 bits per heavy atom. The van der Waals surface area contributed by atoms with Crippen molar-refractivity contribution in [2.75, 3.05) is 18.8 Å². The molecule has 0 bridgehead atoms. The summed E-state index contributed by atoms with van der Waals surface area (Å²) in [5.74, 6) is -1.10. The fraction of sp³-hybridized carbons (Fsp3) is 1.00. The van der Waals surface area contributed by atoms with Crippen molar-refractivity contribution >= 4 is 11.8 Å². The fourth-order valence-corrected chi connectivity index (χ4v) is 1.33. The molecule has 1 rings (SSSR count). The molecule has 0 saturated carbocycles. The highest BCUT2D eigenvalue weighted by Crippen LogP contribution is 2.18. The molecule has 4 heteroatoms. The molecule has 1 heterocycles. The van der Waals surface area contributed by atoms with Gasteiger partial charge in [-0.2, -0.15) is 8.78 Å². The summed E-state index contributed by atoms with van der Waals surface area (Å²) in [5.41, 5.74) is 0. The maximum Gasteiger partial charge on any atom is 0.284 e. The van der Waals surface area contributed by atoms with Gasteiger partial charge in [-0.15, -0.1) is 0 Å². The molecule has 0 spiro atoms. The lowest BCUT2D eigenvalue weighted by molar-refractivity contribution is 0.250. The molecule has 1 N–H and O–H groups in total. The minimum Gasteiger partial charge on any atom is -0.316 e. The van der Waals surface area contributed by atoms with Crippen molar-refractivity contribution < 1.29 is 8.78 Å². The van der Waals surface area contributed by atoms with Gasteiger partial charge in [-0.3, -0.25) is 0 Å². The van der Waals surface area contributed by atoms with Crippen molar-refractivity contribution in [2.45, 2.75) is 5.76 Å². The first-order valence-electron chi connectivity index (χ1n) is 2.89. The average molecular weight is 153 g/mol. The van der Waals surface area contributed by atoms with Gasteiger partial charge >= 0.3 is 0 Å². The van der Waals surface area contributed by atoms with Crippen molar-refractivity contribution in [1.82, 2.24) is 5.32 Å². The number of halogens is 2. The number of nitrogens with one attached hydrogen (secondary N) is 1. The summed E-state index contributed by atoms with van der Waals surface area (Å²) in [7, 11) is 0. The largest absolute Gasteiger partial charge is 0.316 e. The van der Waals surface area contributed by atoms with Crippen molar-refractivity contribution in [1.29, 1.82) is 0 Å². The molecular weight excluding hydrogens is 144 g/mol. The first-order chi connectivity index (χ1) is 4.29. The Morgan fingerprint density at radius 1 is 1.56 bits per heavy atom. The van der Waals surface area contributed by atoms with E-state index in [2.05, 4.69) is 5.32 Å². The number of hydrogen-bond donors (Lipinski definition) is 1. The third-order valence-electron chi connectivity index (χ3n) is 1.32. The Morgan fingerprint density at radius 3 is 2.56 bits per heavy atom. The molecule has 0 aromatic heterocycles. The molecule has 9 heavy (non-hydrogen) atoms. The van der Waals surface area contributed by atoms with Crippen LogP contribution in [0.25, 0.3) is 0 Å². The van der Waals surface area contributed by atoms with E-state index < -0.39 is 5.76 Å². The molecule has 0 aliphatic carbocycles. The summed E-state index contributed by atoms with van der Waals surface area (Å²) in [6, 6.07) is 0. The molecule has 1 fully saturated rings. The quantitative estimate of drug-likeness (QED) is 0.653. The minimum atomic E-state index is -2.19. The zero-order valence-electron chi connectivity index (χ0n) is 4.94. The molecule has 1 aliphatic rings. The summed E-state index contributed by atoms with van der Waals surface area (Å²) in [4.78, 5) is 0. The van der Waals surface area contributed by atoms with Gasteiger partial charge in [0.2, 0.25) is 0 Å². The van der Waals surface area contributed by atoms with Crippen LogP contribution in [-0.4, -0.2) is 24.6 Å². The van der Waals surface area contributed by atoms with Gasteiger partial charge in [0.05, 0.1) is 0 Å². The highest BCUT2D eigenvalue weighted by molar-refractivity contribution is 7.99. The van der Waals surface area contributed by atoms with Crippen LogP contribution < -0.4 is 5.32 Å². The van der Waals surface area contributed by atoms with Gasteiger partial charge in [0.15, 0.2) is 0 Å². The number of thioether (sulfide) groups is 1. The Labute approximate surface area is 57.2 Å². The SMILES string of the molecule is FC(F)SCC1CNC1. The first-order valence-corrected chi connectivity index (χ1v) is 3.94. The Kier molecular flexibility index (Phi) is 2.72. The molecule has 1 nitrogen and oxygen atoms in total. The van der Waals surface area contributed by atoms with E-state index in [1.54, 1.807) is 0 Å². The monoisotopic (exact) mass is 153 g/mol. The number of alkyl halides is 2. The zero-order chi connectivity index (χ0) is 6.69. The Hall–Kier alpha value is 0.170. The van der Waals surface area contributed by atoms with Crippen LogP contribution in [0.1, 0.15) is 0 Å². The molecule has 0 amide bonds. The first kappa shape index (κ1) is 7.28. The lowest BCUT2D eigenvalue weighted by Gasteiger charge is -2.26. The molecule has 0 radical (unpaired) electrons. The molecule has 54 valence electrons. The van der Waals surface area contributed by atoms with Crippen molar-refractivity contribution in [3.63, 3.8) is 0 Å². The summed E-state index contributed by atoms with van der Waals surface area (Å²) in [6.07, 6.45) is 0. The van der Waals surface area contributed by atoms with Crippen LogP contribution in [0.5, 0.6) is 0 Å². The Bertz CT molecular complexity index is 85.0. The van der Waals surface area contributed by atoms with Crippen molar-refractivity contribution in [2.24, 2.45) is 5.92 Å². The summed E-state index contributed by atoms with van der Waals surface area (Å²) in [6.45, 7) is 1.83. The lowest BCUT2D eigenvalue weighted by atomic mass is 10.1. The summed E-state index contributed by atoms with van der Waals surface area (Å²) < 4.78 is 23.0. The van der Waals surface area contributed by atoms with Gasteiger partial charge in [-0.05, 0) is 19.0 Å². The highest BCUT2D eigenvalue weighted by Gasteiger charge is 2.18. The molecule has 0 unspecified atom stereocenters. The van der Waals surface area contributed by atoms with Crippen LogP contribution in [0, 0.1) is 5.92 Å². The van der Waals surface area contributed by atoms with Crippen LogP contribution in [-0.2, 0) is 0 Å². The third-order valence-corrected chi connectivity index (χ3v) is 2.24. The van der Waals surface area contributed by atoms with Crippen molar-refractivity contribution in [3.8, 4) is 0 Å². The fourth-order valence-electron chi connectivity index (χ4n) is 0.675. The number of rotatable bonds is 3. The van der Waals surface area contributed by atoms with E-state index in [-0.39, 0.29) is 0 Å². The van der Waals surface area contributed by atoms with Gasteiger partial charge in [-0.1, -0.05) is 11.8 Å². The molecule has 0 aromatic rings. The minimum absolute atomic E-state index is 0.490. The molecule has 0 aromatic carbocycles. The normalized spacial score (nSPS) is 20.3. The van der Waals surface area contributed by atoms with Crippen LogP contribution in [0.15, 0.2) is 0 Å². The third kappa shape index (κ3) is 2.49. The zero-order valence-corrected chi connectivity index (χ0v) is 5.76. The van der Waals surface area contributed by atoms with E-state index >= 15 is 0 Å². The van der Waals surface area contributed by atoms with Crippen LogP contribution in [0.3, 0.4) is 0 Å². The van der Waals surface area contributed by atoms with Crippen LogP contribution in [0.2, 0.25) is 0 Å². The lowest BCUT2D eigenvalue weighted by Crippen LogP contribution is -2.43. The topological polar surface area (TPSA) is 12.0 Å². The van der Waals surface area contributed by atoms with E-state index in [9.17, 15) is 8.78 Å². The second-order valence-corrected chi connectivity index (χ2v) is 3.14. The molecule has 1 aliphatic heterocycles. The maximum atomic E-state index is 11.5. The van der Waals surface area contributed by atoms with Crippen LogP contribution in [0.4, 0.5) is 8.78 Å². The summed E-state index contributed by atoms with van der Waals surface area (Å²) >= 11 is 0.742. The smallest absolute Gasteiger partial charge is 0.284 e. The standard InChI is InChI=1S/C5H9F2NS/c6-5(7)9-3-4-1-8-2-4/h4-5,8H,1-3H2. The predicted molar refractivity (Wildman–Crippen MR) is 34.8 cm³/mol. The van der Waals surface area contributed by atoms with E-state index in [0.717, 1.165) is 24.9 Å². The van der Waals surface area contributed by atoms with E-state index in [4.69, 9.17) is 0 Å². The predicted octanol–water partition coefficient (Wildman–Crippen LogP) is 1.16. The van der Waals surface area contributed by atoms with Gasteiger partial charge < -0.3 is 5.32 Å². The van der Waals surface area contributed by atoms with E-state index in [1.807, 2.05) is 0 Å². The van der Waals surface area contributed by atoms with Gasteiger partial charge in [0, 0.05) is 5.75 Å². The van der Waals surface area contributed by atoms with Gasteiger partial charge in [-0.25, -0.2) is 0 Å². The average Bonchev–Trinajstić information content (AvgIpc) is 1.60. The molecule has 1 saturated heterocycles.